The van der Waals surface area contributed by atoms with Gasteiger partial charge in [-0.3, -0.25) is 4.79 Å². The van der Waals surface area contributed by atoms with Crippen LogP contribution in [0.2, 0.25) is 0 Å². The fourth-order valence-electron chi connectivity index (χ4n) is 3.42. The van der Waals surface area contributed by atoms with Crippen LogP contribution in [-0.4, -0.2) is 25.5 Å². The van der Waals surface area contributed by atoms with Crippen LogP contribution in [0.15, 0.2) is 0 Å². The van der Waals surface area contributed by atoms with E-state index < -0.39 is 0 Å². The summed E-state index contributed by atoms with van der Waals surface area (Å²) in [6.45, 7) is 3.09. The quantitative estimate of drug-likeness (QED) is 0.821. The Bertz CT molecular complexity index is 253. The Hall–Kier alpha value is -0.570. The van der Waals surface area contributed by atoms with Crippen molar-refractivity contribution in [2.45, 2.75) is 64.2 Å². The van der Waals surface area contributed by atoms with E-state index in [0.717, 1.165) is 44.8 Å². The Morgan fingerprint density at radius 1 is 0.895 bits per heavy atom. The highest BCUT2D eigenvalue weighted by molar-refractivity contribution is 5.76. The highest BCUT2D eigenvalue weighted by Crippen LogP contribution is 2.22. The molecule has 3 heteroatoms. The van der Waals surface area contributed by atoms with Gasteiger partial charge in [0.15, 0.2) is 0 Å². The Morgan fingerprint density at radius 2 is 1.53 bits per heavy atom. The lowest BCUT2D eigenvalue weighted by atomic mass is 9.91. The molecule has 1 amide bonds. The minimum absolute atomic E-state index is 0.286. The lowest BCUT2D eigenvalue weighted by Crippen LogP contribution is -2.34. The van der Waals surface area contributed by atoms with Crippen LogP contribution in [0.4, 0.5) is 0 Å². The first-order valence-electron chi connectivity index (χ1n) is 8.32. The maximum absolute atomic E-state index is 12.0. The van der Waals surface area contributed by atoms with Gasteiger partial charge in [-0.05, 0) is 50.6 Å². The van der Waals surface area contributed by atoms with Gasteiger partial charge >= 0.3 is 0 Å². The minimum atomic E-state index is 0.286. The van der Waals surface area contributed by atoms with Crippen LogP contribution in [0.25, 0.3) is 0 Å². The molecular formula is C16H30N2O. The van der Waals surface area contributed by atoms with Crippen molar-refractivity contribution in [3.63, 3.8) is 0 Å². The number of carbonyl (C=O) groups is 1. The van der Waals surface area contributed by atoms with Crippen molar-refractivity contribution in [1.82, 2.24) is 10.6 Å². The summed E-state index contributed by atoms with van der Waals surface area (Å²) in [5.74, 6) is 1.63. The SMILES string of the molecule is O=C(CC1CCNCC1)NCC1CCCCCCC1. The molecule has 0 aromatic heterocycles. The van der Waals surface area contributed by atoms with Crippen molar-refractivity contribution >= 4 is 5.91 Å². The van der Waals surface area contributed by atoms with E-state index in [1.54, 1.807) is 0 Å². The van der Waals surface area contributed by atoms with Crippen LogP contribution in [0.5, 0.6) is 0 Å². The molecule has 0 radical (unpaired) electrons. The van der Waals surface area contributed by atoms with E-state index in [4.69, 9.17) is 0 Å². The molecule has 0 aromatic carbocycles. The number of hydrogen-bond donors (Lipinski definition) is 2. The molecule has 1 aliphatic heterocycles. The first-order chi connectivity index (χ1) is 9.34. The molecule has 2 rings (SSSR count). The lowest BCUT2D eigenvalue weighted by molar-refractivity contribution is -0.122. The summed E-state index contributed by atoms with van der Waals surface area (Å²) in [7, 11) is 0. The van der Waals surface area contributed by atoms with Gasteiger partial charge in [0.2, 0.25) is 5.91 Å². The summed E-state index contributed by atoms with van der Waals surface area (Å²) in [5.41, 5.74) is 0. The summed E-state index contributed by atoms with van der Waals surface area (Å²) in [4.78, 5) is 12.0. The number of nitrogens with one attached hydrogen (secondary N) is 2. The van der Waals surface area contributed by atoms with Crippen LogP contribution in [0, 0.1) is 11.8 Å². The third-order valence-electron chi connectivity index (χ3n) is 4.75. The standard InChI is InChI=1S/C16H30N2O/c19-16(12-14-8-10-17-11-9-14)18-13-15-6-4-2-1-3-5-7-15/h14-15,17H,1-13H2,(H,18,19). The Kier molecular flexibility index (Phi) is 6.69. The molecule has 3 nitrogen and oxygen atoms in total. The van der Waals surface area contributed by atoms with Crippen molar-refractivity contribution in [2.75, 3.05) is 19.6 Å². The maximum atomic E-state index is 12.0. The predicted octanol–water partition coefficient (Wildman–Crippen LogP) is 2.85. The van der Waals surface area contributed by atoms with E-state index >= 15 is 0 Å². The summed E-state index contributed by atoms with van der Waals surface area (Å²) in [5, 5.41) is 6.54. The molecule has 19 heavy (non-hydrogen) atoms. The highest BCUT2D eigenvalue weighted by Gasteiger charge is 2.18. The second kappa shape index (κ2) is 8.57. The molecule has 1 aliphatic carbocycles. The molecule has 0 unspecified atom stereocenters. The smallest absolute Gasteiger partial charge is 0.220 e. The molecule has 2 N–H and O–H groups in total. The molecule has 1 saturated heterocycles. The summed E-state index contributed by atoms with van der Waals surface area (Å²) < 4.78 is 0. The van der Waals surface area contributed by atoms with Crippen LogP contribution >= 0.6 is 0 Å². The number of hydrogen-bond acceptors (Lipinski definition) is 2. The number of rotatable bonds is 4. The van der Waals surface area contributed by atoms with Gasteiger partial charge in [0.25, 0.3) is 0 Å². The monoisotopic (exact) mass is 266 g/mol. The van der Waals surface area contributed by atoms with Gasteiger partial charge in [0.05, 0.1) is 0 Å². The van der Waals surface area contributed by atoms with Gasteiger partial charge in [-0.25, -0.2) is 0 Å². The summed E-state index contributed by atoms with van der Waals surface area (Å²) >= 11 is 0. The summed E-state index contributed by atoms with van der Waals surface area (Å²) in [6.07, 6.45) is 12.6. The number of piperidine rings is 1. The van der Waals surface area contributed by atoms with Crippen molar-refractivity contribution < 1.29 is 4.79 Å². The predicted molar refractivity (Wildman–Crippen MR) is 79.0 cm³/mol. The molecule has 1 saturated carbocycles. The topological polar surface area (TPSA) is 41.1 Å². The number of amides is 1. The Balaban J connectivity index is 1.61. The average Bonchev–Trinajstić information content (AvgIpc) is 2.38. The van der Waals surface area contributed by atoms with Crippen molar-refractivity contribution in [3.8, 4) is 0 Å². The molecular weight excluding hydrogens is 236 g/mol. The fraction of sp³-hybridized carbons (Fsp3) is 0.938. The second-order valence-electron chi connectivity index (χ2n) is 6.41. The van der Waals surface area contributed by atoms with Crippen molar-refractivity contribution in [1.29, 1.82) is 0 Å². The van der Waals surface area contributed by atoms with E-state index in [1.807, 2.05) is 0 Å². The fourth-order valence-corrected chi connectivity index (χ4v) is 3.42. The van der Waals surface area contributed by atoms with Gasteiger partial charge in [-0.2, -0.15) is 0 Å². The van der Waals surface area contributed by atoms with Gasteiger partial charge < -0.3 is 10.6 Å². The Morgan fingerprint density at radius 3 is 2.21 bits per heavy atom. The highest BCUT2D eigenvalue weighted by atomic mass is 16.1. The van der Waals surface area contributed by atoms with E-state index in [1.165, 1.54) is 44.9 Å². The molecule has 1 heterocycles. The first kappa shape index (κ1) is 14.8. The molecule has 0 aromatic rings. The van der Waals surface area contributed by atoms with E-state index in [-0.39, 0.29) is 5.91 Å². The zero-order valence-corrected chi connectivity index (χ0v) is 12.3. The van der Waals surface area contributed by atoms with Crippen molar-refractivity contribution in [3.05, 3.63) is 0 Å². The molecule has 2 fully saturated rings. The van der Waals surface area contributed by atoms with Crippen LogP contribution < -0.4 is 10.6 Å². The normalized spacial score (nSPS) is 23.6. The van der Waals surface area contributed by atoms with Crippen molar-refractivity contribution in [2.24, 2.45) is 11.8 Å². The molecule has 110 valence electrons. The molecule has 0 atom stereocenters. The zero-order chi connectivity index (χ0) is 13.3. The largest absolute Gasteiger partial charge is 0.356 e. The second-order valence-corrected chi connectivity index (χ2v) is 6.41. The molecule has 0 spiro atoms. The van der Waals surface area contributed by atoms with E-state index in [2.05, 4.69) is 10.6 Å². The van der Waals surface area contributed by atoms with Crippen LogP contribution in [0.1, 0.15) is 64.2 Å². The van der Waals surface area contributed by atoms with Gasteiger partial charge in [-0.15, -0.1) is 0 Å². The Labute approximate surface area is 117 Å². The average molecular weight is 266 g/mol. The van der Waals surface area contributed by atoms with Gasteiger partial charge in [0.1, 0.15) is 0 Å². The number of carbonyl (C=O) groups excluding carboxylic acids is 1. The van der Waals surface area contributed by atoms with Gasteiger partial charge in [0, 0.05) is 13.0 Å². The lowest BCUT2D eigenvalue weighted by Gasteiger charge is -2.23. The van der Waals surface area contributed by atoms with Crippen LogP contribution in [0.3, 0.4) is 0 Å². The first-order valence-corrected chi connectivity index (χ1v) is 8.32. The van der Waals surface area contributed by atoms with E-state index in [9.17, 15) is 4.79 Å². The zero-order valence-electron chi connectivity index (χ0n) is 12.3. The van der Waals surface area contributed by atoms with Gasteiger partial charge in [-0.1, -0.05) is 32.1 Å². The van der Waals surface area contributed by atoms with Crippen LogP contribution in [-0.2, 0) is 4.79 Å². The third-order valence-corrected chi connectivity index (χ3v) is 4.75. The summed E-state index contributed by atoms with van der Waals surface area (Å²) in [6, 6.07) is 0. The third kappa shape index (κ3) is 5.94. The maximum Gasteiger partial charge on any atom is 0.220 e. The molecule has 0 bridgehead atoms. The minimum Gasteiger partial charge on any atom is -0.356 e. The van der Waals surface area contributed by atoms with E-state index in [0.29, 0.717) is 5.92 Å². The molecule has 2 aliphatic rings.